The van der Waals surface area contributed by atoms with Crippen LogP contribution >= 0.6 is 0 Å². The predicted molar refractivity (Wildman–Crippen MR) is 104 cm³/mol. The zero-order valence-electron chi connectivity index (χ0n) is 15.7. The number of fused-ring (bicyclic) bond motifs is 2. The number of amides is 2. The zero-order chi connectivity index (χ0) is 18.7. The van der Waals surface area contributed by atoms with Gasteiger partial charge in [0.05, 0.1) is 5.75 Å². The van der Waals surface area contributed by atoms with E-state index in [9.17, 15) is 13.2 Å². The van der Waals surface area contributed by atoms with E-state index in [2.05, 4.69) is 16.1 Å². The third kappa shape index (κ3) is 4.57. The van der Waals surface area contributed by atoms with Gasteiger partial charge in [-0.25, -0.2) is 17.9 Å². The molecule has 0 bridgehead atoms. The minimum atomic E-state index is -3.61. The highest BCUT2D eigenvalue weighted by Gasteiger charge is 2.25. The van der Waals surface area contributed by atoms with Gasteiger partial charge in [0.2, 0.25) is 10.0 Å². The summed E-state index contributed by atoms with van der Waals surface area (Å²) >= 11 is 0. The molecule has 0 fully saturated rings. The maximum Gasteiger partial charge on any atom is 0.332 e. The first-order valence-corrected chi connectivity index (χ1v) is 11.1. The average Bonchev–Trinajstić information content (AvgIpc) is 3.19. The van der Waals surface area contributed by atoms with E-state index < -0.39 is 16.1 Å². The van der Waals surface area contributed by atoms with E-state index in [4.69, 9.17) is 0 Å². The molecule has 0 radical (unpaired) electrons. The minimum Gasteiger partial charge on any atom is -0.309 e. The first kappa shape index (κ1) is 19.2. The van der Waals surface area contributed by atoms with Crippen LogP contribution in [0.4, 0.5) is 10.5 Å². The highest BCUT2D eigenvalue weighted by atomic mass is 32.2. The van der Waals surface area contributed by atoms with Gasteiger partial charge in [-0.2, -0.15) is 0 Å². The molecule has 3 rings (SSSR count). The molecule has 2 N–H and O–H groups in total. The van der Waals surface area contributed by atoms with Gasteiger partial charge in [-0.3, -0.25) is 0 Å². The number of unbranched alkanes of at least 4 members (excludes halogenated alkanes) is 1. The number of aryl methyl sites for hydroxylation is 2. The van der Waals surface area contributed by atoms with Crippen molar-refractivity contribution in [3.05, 3.63) is 28.3 Å². The number of hydrogen-bond acceptors (Lipinski definition) is 4. The van der Waals surface area contributed by atoms with Crippen LogP contribution < -0.4 is 10.0 Å². The lowest BCUT2D eigenvalue weighted by Gasteiger charge is -2.16. The number of anilines is 1. The van der Waals surface area contributed by atoms with Crippen molar-refractivity contribution in [3.8, 4) is 0 Å². The number of hydrogen-bond donors (Lipinski definition) is 2. The topological polar surface area (TPSA) is 78.5 Å². The van der Waals surface area contributed by atoms with Gasteiger partial charge in [0, 0.05) is 5.69 Å². The van der Waals surface area contributed by atoms with Crippen LogP contribution in [0.2, 0.25) is 0 Å². The Morgan fingerprint density at radius 2 is 1.65 bits per heavy atom. The Kier molecular flexibility index (Phi) is 5.87. The monoisotopic (exact) mass is 379 g/mol. The molecule has 0 saturated heterocycles. The van der Waals surface area contributed by atoms with Gasteiger partial charge in [-0.05, 0) is 94.3 Å². The molecule has 26 heavy (non-hydrogen) atoms. The number of sulfonamides is 1. The van der Waals surface area contributed by atoms with E-state index >= 15 is 0 Å². The van der Waals surface area contributed by atoms with E-state index in [-0.39, 0.29) is 5.75 Å². The fourth-order valence-electron chi connectivity index (χ4n) is 4.02. The van der Waals surface area contributed by atoms with E-state index in [1.165, 1.54) is 22.3 Å². The quantitative estimate of drug-likeness (QED) is 0.714. The van der Waals surface area contributed by atoms with Crippen LogP contribution in [0.25, 0.3) is 0 Å². The summed E-state index contributed by atoms with van der Waals surface area (Å²) in [6.45, 7) is 0.837. The Bertz CT molecular complexity index is 755. The fourth-order valence-corrected chi connectivity index (χ4v) is 5.04. The van der Waals surface area contributed by atoms with Crippen LogP contribution in [0.15, 0.2) is 6.07 Å². The summed E-state index contributed by atoms with van der Waals surface area (Å²) in [5, 5.41) is 2.87. The van der Waals surface area contributed by atoms with Crippen LogP contribution in [-0.4, -0.2) is 45.7 Å². The number of carbonyl (C=O) groups is 1. The minimum absolute atomic E-state index is 0.0285. The van der Waals surface area contributed by atoms with Gasteiger partial charge in [-0.15, -0.1) is 0 Å². The molecule has 1 aromatic rings. The van der Waals surface area contributed by atoms with Gasteiger partial charge < -0.3 is 10.2 Å². The number of urea groups is 1. The Balaban J connectivity index is 1.64. The largest absolute Gasteiger partial charge is 0.332 e. The lowest BCUT2D eigenvalue weighted by atomic mass is 9.99. The summed E-state index contributed by atoms with van der Waals surface area (Å²) in [4.78, 5) is 14.4. The molecule has 2 amide bonds. The Morgan fingerprint density at radius 1 is 1.04 bits per heavy atom. The highest BCUT2D eigenvalue weighted by Crippen LogP contribution is 2.38. The molecule has 7 heteroatoms. The molecule has 0 saturated carbocycles. The van der Waals surface area contributed by atoms with Gasteiger partial charge in [0.1, 0.15) is 0 Å². The molecule has 2 aliphatic carbocycles. The van der Waals surface area contributed by atoms with Crippen molar-refractivity contribution < 1.29 is 13.2 Å². The lowest BCUT2D eigenvalue weighted by molar-refractivity contribution is 0.256. The van der Waals surface area contributed by atoms with Crippen molar-refractivity contribution in [3.63, 3.8) is 0 Å². The molecule has 0 aliphatic heterocycles. The summed E-state index contributed by atoms with van der Waals surface area (Å²) in [7, 11) is 0.303. The van der Waals surface area contributed by atoms with Crippen LogP contribution in [0.5, 0.6) is 0 Å². The summed E-state index contributed by atoms with van der Waals surface area (Å²) in [6.07, 6.45) is 7.51. The van der Waals surface area contributed by atoms with E-state index in [1.54, 1.807) is 0 Å². The van der Waals surface area contributed by atoms with Crippen LogP contribution in [-0.2, 0) is 35.7 Å². The molecular formula is C19H29N3O3S. The molecule has 0 aromatic heterocycles. The Morgan fingerprint density at radius 3 is 2.23 bits per heavy atom. The summed E-state index contributed by atoms with van der Waals surface area (Å²) in [6, 6.07) is 1.65. The molecule has 0 spiro atoms. The maximum absolute atomic E-state index is 12.4. The Labute approximate surface area is 156 Å². The second-order valence-corrected chi connectivity index (χ2v) is 9.46. The van der Waals surface area contributed by atoms with Crippen molar-refractivity contribution in [2.24, 2.45) is 0 Å². The second-order valence-electron chi connectivity index (χ2n) is 7.62. The maximum atomic E-state index is 12.4. The first-order chi connectivity index (χ1) is 12.4. The van der Waals surface area contributed by atoms with Crippen LogP contribution in [0.3, 0.4) is 0 Å². The molecule has 0 unspecified atom stereocenters. The molecule has 0 heterocycles. The normalized spacial score (nSPS) is 15.8. The molecule has 6 nitrogen and oxygen atoms in total. The van der Waals surface area contributed by atoms with Crippen LogP contribution in [0, 0.1) is 0 Å². The van der Waals surface area contributed by atoms with Gasteiger partial charge in [0.25, 0.3) is 0 Å². The molecule has 144 valence electrons. The predicted octanol–water partition coefficient (Wildman–Crippen LogP) is 2.46. The molecule has 2 aliphatic rings. The number of rotatable bonds is 7. The van der Waals surface area contributed by atoms with Gasteiger partial charge in [0.15, 0.2) is 0 Å². The van der Waals surface area contributed by atoms with Crippen molar-refractivity contribution in [2.75, 3.05) is 31.7 Å². The van der Waals surface area contributed by atoms with Crippen molar-refractivity contribution in [1.82, 2.24) is 9.62 Å². The number of nitrogens with zero attached hydrogens (tertiary/aromatic N) is 1. The van der Waals surface area contributed by atoms with Crippen molar-refractivity contribution >= 4 is 21.7 Å². The average molecular weight is 380 g/mol. The van der Waals surface area contributed by atoms with Crippen molar-refractivity contribution in [1.29, 1.82) is 0 Å². The second kappa shape index (κ2) is 7.96. The van der Waals surface area contributed by atoms with Crippen LogP contribution in [0.1, 0.15) is 47.9 Å². The third-order valence-electron chi connectivity index (χ3n) is 5.23. The lowest BCUT2D eigenvalue weighted by Crippen LogP contribution is -2.36. The molecular weight excluding hydrogens is 350 g/mol. The summed E-state index contributed by atoms with van der Waals surface area (Å²) in [5.41, 5.74) is 5.89. The van der Waals surface area contributed by atoms with E-state index in [0.29, 0.717) is 6.42 Å². The van der Waals surface area contributed by atoms with Gasteiger partial charge >= 0.3 is 6.03 Å². The number of benzene rings is 1. The van der Waals surface area contributed by atoms with Crippen molar-refractivity contribution in [2.45, 2.75) is 51.4 Å². The highest BCUT2D eigenvalue weighted by molar-refractivity contribution is 7.90. The summed E-state index contributed by atoms with van der Waals surface area (Å²) < 4.78 is 26.5. The number of carbonyl (C=O) groups excluding carboxylic acids is 1. The SMILES string of the molecule is CN(C)CCCCS(=O)(=O)NC(=O)Nc1c2c(cc3c1CCC3)CCC2. The fraction of sp³-hybridized carbons (Fsp3) is 0.632. The third-order valence-corrected chi connectivity index (χ3v) is 6.55. The standard InChI is InChI=1S/C19H29N3O3S/c1-22(2)11-3-4-12-26(24,25)21-19(23)20-18-16-9-5-7-14(16)13-15-8-6-10-17(15)18/h13H,3-12H2,1-2H3,(H2,20,21,23). The summed E-state index contributed by atoms with van der Waals surface area (Å²) in [5.74, 6) is -0.0285. The van der Waals surface area contributed by atoms with Gasteiger partial charge in [-0.1, -0.05) is 6.07 Å². The number of nitrogens with one attached hydrogen (secondary N) is 2. The first-order valence-electron chi connectivity index (χ1n) is 9.48. The Hall–Kier alpha value is -1.60. The van der Waals surface area contributed by atoms with E-state index in [0.717, 1.165) is 57.2 Å². The molecule has 1 aromatic carbocycles. The smallest absolute Gasteiger partial charge is 0.309 e. The molecule has 0 atom stereocenters. The van der Waals surface area contributed by atoms with E-state index in [1.807, 2.05) is 19.0 Å². The zero-order valence-corrected chi connectivity index (χ0v) is 16.5.